The Morgan fingerprint density at radius 2 is 1.52 bits per heavy atom. The number of nitrogens with zero attached hydrogens (tertiary/aromatic N) is 1. The molecule has 0 fully saturated rings. The van der Waals surface area contributed by atoms with Gasteiger partial charge in [0.15, 0.2) is 0 Å². The van der Waals surface area contributed by atoms with E-state index < -0.39 is 28.8 Å². The summed E-state index contributed by atoms with van der Waals surface area (Å²) in [5.74, 6) is -5.86. The van der Waals surface area contributed by atoms with Gasteiger partial charge in [0.25, 0.3) is 0 Å². The number of benzene rings is 2. The molecule has 0 radical (unpaired) electrons. The Bertz CT molecular complexity index is 814. The van der Waals surface area contributed by atoms with Crippen molar-refractivity contribution in [3.63, 3.8) is 0 Å². The van der Waals surface area contributed by atoms with E-state index in [4.69, 9.17) is 0 Å². The fourth-order valence-corrected chi connectivity index (χ4v) is 2.26. The average Bonchev–Trinajstić information content (AvgIpc) is 2.55. The number of alkyl halides is 2. The Kier molecular flexibility index (Phi) is 3.86. The van der Waals surface area contributed by atoms with Crippen LogP contribution in [0.4, 0.5) is 17.6 Å². The molecule has 0 bridgehead atoms. The highest BCUT2D eigenvalue weighted by atomic mass is 19.3. The van der Waals surface area contributed by atoms with Gasteiger partial charge in [0.2, 0.25) is 0 Å². The first-order chi connectivity index (χ1) is 11.0. The third-order valence-electron chi connectivity index (χ3n) is 3.46. The van der Waals surface area contributed by atoms with Crippen LogP contribution in [0.25, 0.3) is 11.1 Å². The van der Waals surface area contributed by atoms with Gasteiger partial charge in [-0.1, -0.05) is 36.4 Å². The van der Waals surface area contributed by atoms with Crippen LogP contribution in [0.1, 0.15) is 11.3 Å². The molecule has 0 aliphatic heterocycles. The zero-order valence-electron chi connectivity index (χ0n) is 11.8. The summed E-state index contributed by atoms with van der Waals surface area (Å²) in [7, 11) is 0. The van der Waals surface area contributed by atoms with E-state index in [1.807, 2.05) is 30.3 Å². The highest BCUT2D eigenvalue weighted by Gasteiger charge is 2.38. The lowest BCUT2D eigenvalue weighted by Crippen LogP contribution is -2.19. The molecule has 3 aromatic rings. The van der Waals surface area contributed by atoms with Crippen LogP contribution in [-0.2, 0) is 5.92 Å². The van der Waals surface area contributed by atoms with Crippen LogP contribution in [0.15, 0.2) is 66.9 Å². The number of hydrogen-bond acceptors (Lipinski definition) is 1. The van der Waals surface area contributed by atoms with Crippen molar-refractivity contribution in [1.29, 1.82) is 0 Å². The van der Waals surface area contributed by atoms with E-state index in [0.29, 0.717) is 11.6 Å². The molecule has 0 atom stereocenters. The lowest BCUT2D eigenvalue weighted by molar-refractivity contribution is 0.0340. The van der Waals surface area contributed by atoms with E-state index in [2.05, 4.69) is 4.98 Å². The van der Waals surface area contributed by atoms with Crippen molar-refractivity contribution >= 4 is 0 Å². The second-order valence-electron chi connectivity index (χ2n) is 5.00. The lowest BCUT2D eigenvalue weighted by Gasteiger charge is -2.17. The van der Waals surface area contributed by atoms with Crippen molar-refractivity contribution in [2.75, 3.05) is 0 Å². The van der Waals surface area contributed by atoms with Crippen LogP contribution in [-0.4, -0.2) is 4.98 Å². The van der Waals surface area contributed by atoms with Crippen LogP contribution in [0.2, 0.25) is 0 Å². The van der Waals surface area contributed by atoms with Crippen molar-refractivity contribution in [1.82, 2.24) is 4.98 Å². The van der Waals surface area contributed by atoms with Crippen LogP contribution in [0.3, 0.4) is 0 Å². The minimum atomic E-state index is -3.65. The second-order valence-corrected chi connectivity index (χ2v) is 5.00. The second kappa shape index (κ2) is 5.83. The Labute approximate surface area is 130 Å². The van der Waals surface area contributed by atoms with Crippen LogP contribution in [0, 0.1) is 11.6 Å². The van der Waals surface area contributed by atoms with Gasteiger partial charge >= 0.3 is 5.92 Å². The summed E-state index contributed by atoms with van der Waals surface area (Å²) in [6, 6.07) is 13.7. The van der Waals surface area contributed by atoms with Gasteiger partial charge < -0.3 is 0 Å². The monoisotopic (exact) mass is 317 g/mol. The Morgan fingerprint density at radius 3 is 2.13 bits per heavy atom. The summed E-state index contributed by atoms with van der Waals surface area (Å²) in [4.78, 5) is 3.76. The molecule has 0 amide bonds. The molecular weight excluding hydrogens is 306 g/mol. The number of aromatic nitrogens is 1. The molecule has 2 aromatic carbocycles. The number of pyridine rings is 1. The normalized spacial score (nSPS) is 11.5. The van der Waals surface area contributed by atoms with Crippen molar-refractivity contribution in [2.24, 2.45) is 0 Å². The van der Waals surface area contributed by atoms with Gasteiger partial charge in [-0.2, -0.15) is 8.78 Å². The fourth-order valence-electron chi connectivity index (χ4n) is 2.26. The molecule has 0 spiro atoms. The molecule has 0 aliphatic carbocycles. The van der Waals surface area contributed by atoms with Gasteiger partial charge in [-0.25, -0.2) is 8.78 Å². The Balaban J connectivity index is 1.97. The molecule has 0 saturated heterocycles. The Hall–Kier alpha value is -2.69. The molecule has 0 N–H and O–H groups in total. The first kappa shape index (κ1) is 15.2. The number of hydrogen-bond donors (Lipinski definition) is 0. The highest BCUT2D eigenvalue weighted by Crippen LogP contribution is 2.36. The first-order valence-electron chi connectivity index (χ1n) is 6.84. The van der Waals surface area contributed by atoms with Crippen molar-refractivity contribution in [3.05, 3.63) is 89.8 Å². The smallest absolute Gasteiger partial charge is 0.254 e. The predicted octanol–water partition coefficient (Wildman–Crippen LogP) is 5.17. The van der Waals surface area contributed by atoms with Gasteiger partial charge in [-0.15, -0.1) is 0 Å². The summed E-state index contributed by atoms with van der Waals surface area (Å²) in [5, 5.41) is 0. The minimum Gasteiger partial charge on any atom is -0.254 e. The van der Waals surface area contributed by atoms with E-state index in [-0.39, 0.29) is 0 Å². The third kappa shape index (κ3) is 2.95. The van der Waals surface area contributed by atoms with Crippen molar-refractivity contribution in [3.8, 4) is 11.1 Å². The van der Waals surface area contributed by atoms with Crippen LogP contribution in [0.5, 0.6) is 0 Å². The maximum atomic E-state index is 14.4. The topological polar surface area (TPSA) is 12.9 Å². The van der Waals surface area contributed by atoms with Gasteiger partial charge in [-0.05, 0) is 23.8 Å². The molecule has 1 aromatic heterocycles. The molecular formula is C18H11F4N. The lowest BCUT2D eigenvalue weighted by atomic mass is 10.0. The van der Waals surface area contributed by atoms with E-state index in [9.17, 15) is 17.6 Å². The Morgan fingerprint density at radius 1 is 0.783 bits per heavy atom. The molecule has 3 rings (SSSR count). The number of halogens is 4. The zero-order valence-corrected chi connectivity index (χ0v) is 11.8. The average molecular weight is 317 g/mol. The van der Waals surface area contributed by atoms with E-state index in [1.54, 1.807) is 0 Å². The standard InChI is InChI=1S/C18H11F4N/c19-14-7-8-15(16(20)10-14)18(21,22)17-9-6-13(11-23-17)12-4-2-1-3-5-12/h1-11H. The van der Waals surface area contributed by atoms with E-state index >= 15 is 0 Å². The zero-order chi connectivity index (χ0) is 16.4. The molecule has 0 saturated carbocycles. The number of rotatable bonds is 3. The molecule has 0 unspecified atom stereocenters. The largest absolute Gasteiger partial charge is 0.317 e. The quantitative estimate of drug-likeness (QED) is 0.608. The highest BCUT2D eigenvalue weighted by molar-refractivity contribution is 5.62. The minimum absolute atomic E-state index is 0.432. The first-order valence-corrected chi connectivity index (χ1v) is 6.84. The maximum absolute atomic E-state index is 14.4. The van der Waals surface area contributed by atoms with Crippen molar-refractivity contribution < 1.29 is 17.6 Å². The van der Waals surface area contributed by atoms with Gasteiger partial charge in [-0.3, -0.25) is 4.98 Å². The molecule has 23 heavy (non-hydrogen) atoms. The SMILES string of the molecule is Fc1ccc(C(F)(F)c2ccc(-c3ccccc3)cn2)c(F)c1. The van der Waals surface area contributed by atoms with Crippen LogP contribution < -0.4 is 0 Å². The molecule has 5 heteroatoms. The third-order valence-corrected chi connectivity index (χ3v) is 3.46. The van der Waals surface area contributed by atoms with Gasteiger partial charge in [0.05, 0.1) is 5.56 Å². The fraction of sp³-hybridized carbons (Fsp3) is 0.0556. The van der Waals surface area contributed by atoms with Crippen LogP contribution >= 0.6 is 0 Å². The van der Waals surface area contributed by atoms with E-state index in [0.717, 1.165) is 23.8 Å². The molecule has 116 valence electrons. The summed E-state index contributed by atoms with van der Waals surface area (Å²) in [6.07, 6.45) is 1.31. The molecule has 1 nitrogen and oxygen atoms in total. The van der Waals surface area contributed by atoms with Crippen molar-refractivity contribution in [2.45, 2.75) is 5.92 Å². The van der Waals surface area contributed by atoms with Gasteiger partial charge in [0.1, 0.15) is 17.3 Å². The predicted molar refractivity (Wildman–Crippen MR) is 79.0 cm³/mol. The summed E-state index contributed by atoms with van der Waals surface area (Å²) >= 11 is 0. The summed E-state index contributed by atoms with van der Waals surface area (Å²) < 4.78 is 55.3. The van der Waals surface area contributed by atoms with E-state index in [1.165, 1.54) is 12.3 Å². The molecule has 1 heterocycles. The van der Waals surface area contributed by atoms with Gasteiger partial charge in [0, 0.05) is 17.8 Å². The summed E-state index contributed by atoms with van der Waals surface area (Å²) in [6.45, 7) is 0. The summed E-state index contributed by atoms with van der Waals surface area (Å²) in [5.41, 5.74) is 0.00843. The maximum Gasteiger partial charge on any atom is 0.317 e. The molecule has 0 aliphatic rings.